The summed E-state index contributed by atoms with van der Waals surface area (Å²) in [7, 11) is 0. The van der Waals surface area contributed by atoms with Crippen molar-refractivity contribution >= 4 is 29.4 Å². The van der Waals surface area contributed by atoms with Crippen molar-refractivity contribution in [2.24, 2.45) is 0 Å². The molecule has 3 aliphatic rings. The summed E-state index contributed by atoms with van der Waals surface area (Å²) in [6.07, 6.45) is 1.47. The quantitative estimate of drug-likeness (QED) is 0.730. The molecule has 0 saturated heterocycles. The van der Waals surface area contributed by atoms with Gasteiger partial charge in [0.2, 0.25) is 0 Å². The summed E-state index contributed by atoms with van der Waals surface area (Å²) < 4.78 is 24.1. The SMILES string of the molecule is CC(C)(C)OC(=O)NC12CCC(NC(=O)COc3ccc(Cl)c(F)c3)(CC1)CC2=O. The summed E-state index contributed by atoms with van der Waals surface area (Å²) in [5.41, 5.74) is -2.25. The Kier molecular flexibility index (Phi) is 6.00. The highest BCUT2D eigenvalue weighted by Gasteiger charge is 2.55. The van der Waals surface area contributed by atoms with Crippen molar-refractivity contribution < 1.29 is 28.2 Å². The molecule has 9 heteroatoms. The molecule has 0 spiro atoms. The van der Waals surface area contributed by atoms with Crippen LogP contribution in [0.5, 0.6) is 5.75 Å². The van der Waals surface area contributed by atoms with E-state index in [4.69, 9.17) is 21.1 Å². The molecule has 1 aromatic rings. The molecule has 1 aromatic carbocycles. The van der Waals surface area contributed by atoms with Crippen LogP contribution in [0.1, 0.15) is 52.9 Å². The van der Waals surface area contributed by atoms with Crippen LogP contribution in [-0.4, -0.2) is 41.1 Å². The third kappa shape index (κ3) is 5.03. The van der Waals surface area contributed by atoms with Crippen LogP contribution in [0.25, 0.3) is 0 Å². The third-order valence-electron chi connectivity index (χ3n) is 5.50. The van der Waals surface area contributed by atoms with Gasteiger partial charge in [-0.1, -0.05) is 11.6 Å². The number of hydrogen-bond donors (Lipinski definition) is 2. The van der Waals surface area contributed by atoms with Gasteiger partial charge in [0.1, 0.15) is 22.7 Å². The summed E-state index contributed by atoms with van der Waals surface area (Å²) in [4.78, 5) is 37.4. The number of amides is 2. The number of rotatable bonds is 5. The monoisotopic (exact) mass is 440 g/mol. The van der Waals surface area contributed by atoms with E-state index in [-0.39, 0.29) is 29.6 Å². The van der Waals surface area contributed by atoms with Crippen molar-refractivity contribution in [1.82, 2.24) is 10.6 Å². The van der Waals surface area contributed by atoms with Gasteiger partial charge < -0.3 is 20.1 Å². The molecule has 2 amide bonds. The van der Waals surface area contributed by atoms with Crippen LogP contribution in [0.2, 0.25) is 5.02 Å². The zero-order valence-electron chi connectivity index (χ0n) is 17.3. The minimum absolute atomic E-state index is 0.0305. The predicted octanol–water partition coefficient (Wildman–Crippen LogP) is 3.52. The van der Waals surface area contributed by atoms with E-state index in [0.29, 0.717) is 25.7 Å². The summed E-state index contributed by atoms with van der Waals surface area (Å²) in [5, 5.41) is 5.64. The van der Waals surface area contributed by atoms with Crippen molar-refractivity contribution in [3.8, 4) is 5.75 Å². The Morgan fingerprint density at radius 1 is 1.17 bits per heavy atom. The Morgan fingerprint density at radius 2 is 1.83 bits per heavy atom. The average molecular weight is 441 g/mol. The highest BCUT2D eigenvalue weighted by molar-refractivity contribution is 6.30. The first-order valence-electron chi connectivity index (χ1n) is 9.85. The highest BCUT2D eigenvalue weighted by Crippen LogP contribution is 2.45. The van der Waals surface area contributed by atoms with E-state index in [2.05, 4.69) is 10.6 Å². The van der Waals surface area contributed by atoms with Crippen molar-refractivity contribution in [2.75, 3.05) is 6.61 Å². The van der Waals surface area contributed by atoms with Crippen LogP contribution in [0.3, 0.4) is 0 Å². The zero-order chi connectivity index (χ0) is 22.2. The van der Waals surface area contributed by atoms with Gasteiger partial charge in [0.05, 0.1) is 5.02 Å². The molecular formula is C21H26ClFN2O5. The Hall–Kier alpha value is -2.35. The molecule has 0 unspecified atom stereocenters. The fraction of sp³-hybridized carbons (Fsp3) is 0.571. The molecule has 7 nitrogen and oxygen atoms in total. The molecule has 0 aromatic heterocycles. The lowest BCUT2D eigenvalue weighted by Crippen LogP contribution is -2.69. The van der Waals surface area contributed by atoms with E-state index in [1.165, 1.54) is 12.1 Å². The molecule has 0 radical (unpaired) electrons. The number of ketones is 1. The smallest absolute Gasteiger partial charge is 0.408 e. The number of carbonyl (C=O) groups excluding carboxylic acids is 3. The topological polar surface area (TPSA) is 93.7 Å². The summed E-state index contributed by atoms with van der Waals surface area (Å²) in [5.74, 6) is -0.958. The van der Waals surface area contributed by atoms with Crippen LogP contribution in [0, 0.1) is 5.82 Å². The van der Waals surface area contributed by atoms with E-state index in [0.717, 1.165) is 6.07 Å². The van der Waals surface area contributed by atoms with Gasteiger partial charge in [-0.05, 0) is 58.6 Å². The van der Waals surface area contributed by atoms with Crippen LogP contribution < -0.4 is 15.4 Å². The number of nitrogens with one attached hydrogen (secondary N) is 2. The van der Waals surface area contributed by atoms with Gasteiger partial charge in [0.25, 0.3) is 5.91 Å². The second kappa shape index (κ2) is 8.06. The van der Waals surface area contributed by atoms with Crippen molar-refractivity contribution in [3.05, 3.63) is 29.0 Å². The van der Waals surface area contributed by atoms with E-state index >= 15 is 0 Å². The molecule has 164 valence electrons. The first-order chi connectivity index (χ1) is 13.9. The normalized spacial score (nSPS) is 25.6. The van der Waals surface area contributed by atoms with E-state index in [9.17, 15) is 18.8 Å². The first-order valence-corrected chi connectivity index (χ1v) is 10.2. The summed E-state index contributed by atoms with van der Waals surface area (Å²) >= 11 is 5.63. The molecule has 3 saturated carbocycles. The molecule has 2 N–H and O–H groups in total. The summed E-state index contributed by atoms with van der Waals surface area (Å²) in [6, 6.07) is 3.93. The number of fused-ring (bicyclic) bond motifs is 3. The minimum atomic E-state index is -0.938. The molecule has 3 aliphatic carbocycles. The second-order valence-corrected chi connectivity index (χ2v) is 9.41. The maximum absolute atomic E-state index is 13.5. The molecule has 0 heterocycles. The van der Waals surface area contributed by atoms with Gasteiger partial charge in [-0.2, -0.15) is 0 Å². The maximum Gasteiger partial charge on any atom is 0.408 e. The largest absolute Gasteiger partial charge is 0.484 e. The Balaban J connectivity index is 1.55. The number of halogens is 2. The van der Waals surface area contributed by atoms with Gasteiger partial charge in [0.15, 0.2) is 12.4 Å². The summed E-state index contributed by atoms with van der Waals surface area (Å²) in [6.45, 7) is 4.97. The highest BCUT2D eigenvalue weighted by atomic mass is 35.5. The average Bonchev–Trinajstić information content (AvgIpc) is 2.62. The maximum atomic E-state index is 13.5. The van der Waals surface area contributed by atoms with Gasteiger partial charge >= 0.3 is 6.09 Å². The Morgan fingerprint density at radius 3 is 2.40 bits per heavy atom. The van der Waals surface area contributed by atoms with Crippen molar-refractivity contribution in [2.45, 2.75) is 69.6 Å². The number of benzene rings is 1. The van der Waals surface area contributed by atoms with Gasteiger partial charge in [-0.25, -0.2) is 9.18 Å². The molecule has 4 rings (SSSR count). The van der Waals surface area contributed by atoms with Crippen LogP contribution in [0.15, 0.2) is 18.2 Å². The number of ether oxygens (including phenoxy) is 2. The number of hydrogen-bond acceptors (Lipinski definition) is 5. The van der Waals surface area contributed by atoms with E-state index in [1.54, 1.807) is 20.8 Å². The zero-order valence-corrected chi connectivity index (χ0v) is 18.0. The van der Waals surface area contributed by atoms with Crippen molar-refractivity contribution in [1.29, 1.82) is 0 Å². The number of alkyl carbamates (subject to hydrolysis) is 1. The number of Topliss-reactive ketones (excluding diaryl/α,β-unsaturated/α-hetero) is 1. The fourth-order valence-corrected chi connectivity index (χ4v) is 4.12. The Bertz CT molecular complexity index is 859. The minimum Gasteiger partial charge on any atom is -0.484 e. The van der Waals surface area contributed by atoms with Crippen LogP contribution >= 0.6 is 11.6 Å². The lowest BCUT2D eigenvalue weighted by atomic mass is 9.60. The van der Waals surface area contributed by atoms with E-state index in [1.807, 2.05) is 0 Å². The lowest BCUT2D eigenvalue weighted by Gasteiger charge is -2.52. The van der Waals surface area contributed by atoms with E-state index < -0.39 is 34.5 Å². The Labute approximate surface area is 179 Å². The molecule has 2 bridgehead atoms. The lowest BCUT2D eigenvalue weighted by molar-refractivity contribution is -0.138. The van der Waals surface area contributed by atoms with Gasteiger partial charge in [-0.3, -0.25) is 9.59 Å². The molecule has 3 fully saturated rings. The van der Waals surface area contributed by atoms with Crippen LogP contribution in [-0.2, 0) is 14.3 Å². The van der Waals surface area contributed by atoms with Crippen LogP contribution in [0.4, 0.5) is 9.18 Å². The third-order valence-corrected chi connectivity index (χ3v) is 5.81. The molecule has 30 heavy (non-hydrogen) atoms. The van der Waals surface area contributed by atoms with Gasteiger partial charge in [0, 0.05) is 18.0 Å². The van der Waals surface area contributed by atoms with Gasteiger partial charge in [-0.15, -0.1) is 0 Å². The van der Waals surface area contributed by atoms with Crippen molar-refractivity contribution in [3.63, 3.8) is 0 Å². The molecule has 0 aliphatic heterocycles. The molecule has 0 atom stereocenters. The first kappa shape index (κ1) is 22.3. The second-order valence-electron chi connectivity index (χ2n) is 9.00. The standard InChI is InChI=1S/C21H26ClFN2O5/c1-19(2,3)30-18(28)25-21-8-6-20(7-9-21,11-16(21)26)24-17(27)12-29-13-4-5-14(22)15(23)10-13/h4-5,10H,6-9,11-12H2,1-3H3,(H,24,27)(H,25,28). The predicted molar refractivity (Wildman–Crippen MR) is 108 cm³/mol. The number of carbonyl (C=O) groups is 3. The molecular weight excluding hydrogens is 415 g/mol. The fourth-order valence-electron chi connectivity index (χ4n) is 4.00.